The molecule has 0 unspecified atom stereocenters. The predicted molar refractivity (Wildman–Crippen MR) is 196 cm³/mol. The summed E-state index contributed by atoms with van der Waals surface area (Å²) in [4.78, 5) is 0. The molecule has 0 radical (unpaired) electrons. The van der Waals surface area contributed by atoms with Crippen molar-refractivity contribution in [3.8, 4) is 0 Å². The summed E-state index contributed by atoms with van der Waals surface area (Å²) in [5.74, 6) is 0. The van der Waals surface area contributed by atoms with Crippen LogP contribution in [0.15, 0.2) is 143 Å². The summed E-state index contributed by atoms with van der Waals surface area (Å²) in [6, 6.07) is 44.7. The van der Waals surface area contributed by atoms with Crippen molar-refractivity contribution < 1.29 is 0 Å². The van der Waals surface area contributed by atoms with Crippen LogP contribution in [0.25, 0.3) is 0 Å². The molecule has 38 heavy (non-hydrogen) atoms. The SMILES string of the molecule is C=CI(CCP(c1ccccc1)c1ccccc1)CCI(C=C)CCP(c1ccccc1)c1ccccc1. The van der Waals surface area contributed by atoms with Gasteiger partial charge in [0, 0.05) is 0 Å². The molecule has 0 aliphatic carbocycles. The molecule has 0 nitrogen and oxygen atoms in total. The molecule has 0 fully saturated rings. The third-order valence-electron chi connectivity index (χ3n) is 6.37. The molecule has 0 aromatic heterocycles. The molecule has 0 aliphatic rings. The number of benzene rings is 4. The average molecular weight is 762 g/mol. The average Bonchev–Trinajstić information content (AvgIpc) is 3.00. The van der Waals surface area contributed by atoms with Gasteiger partial charge in [0.1, 0.15) is 0 Å². The van der Waals surface area contributed by atoms with Crippen molar-refractivity contribution in [1.82, 2.24) is 0 Å². The molecule has 198 valence electrons. The maximum absolute atomic E-state index is 4.31. The van der Waals surface area contributed by atoms with Crippen LogP contribution in [0.2, 0.25) is 0 Å². The van der Waals surface area contributed by atoms with Crippen LogP contribution in [0, 0.1) is 0 Å². The van der Waals surface area contributed by atoms with Gasteiger partial charge in [0.25, 0.3) is 0 Å². The van der Waals surface area contributed by atoms with Gasteiger partial charge in [-0.25, -0.2) is 0 Å². The van der Waals surface area contributed by atoms with E-state index in [9.17, 15) is 0 Å². The number of alkyl halides is 4. The van der Waals surface area contributed by atoms with Crippen molar-refractivity contribution in [2.75, 3.05) is 30.0 Å². The van der Waals surface area contributed by atoms with Crippen molar-refractivity contribution in [3.63, 3.8) is 0 Å². The van der Waals surface area contributed by atoms with Crippen molar-refractivity contribution in [1.29, 1.82) is 0 Å². The first-order valence-corrected chi connectivity index (χ1v) is 24.6. The summed E-state index contributed by atoms with van der Waals surface area (Å²) >= 11 is -2.36. The Morgan fingerprint density at radius 3 is 0.921 bits per heavy atom. The van der Waals surface area contributed by atoms with Gasteiger partial charge < -0.3 is 0 Å². The molecule has 0 atom stereocenters. The normalized spacial score (nSPS) is 11.8. The fourth-order valence-corrected chi connectivity index (χ4v) is 26.4. The predicted octanol–water partition coefficient (Wildman–Crippen LogP) is 8.55. The zero-order valence-electron chi connectivity index (χ0n) is 22.0. The van der Waals surface area contributed by atoms with Crippen molar-refractivity contribution in [2.45, 2.75) is 0 Å². The molecule has 4 heteroatoms. The molecule has 0 aliphatic heterocycles. The minimum atomic E-state index is -1.18. The summed E-state index contributed by atoms with van der Waals surface area (Å²) in [7, 11) is -0.598. The van der Waals surface area contributed by atoms with Gasteiger partial charge in [-0.05, 0) is 0 Å². The maximum atomic E-state index is 4.31. The zero-order valence-corrected chi connectivity index (χ0v) is 28.1. The molecule has 0 heterocycles. The van der Waals surface area contributed by atoms with Gasteiger partial charge in [0.2, 0.25) is 0 Å². The first-order valence-electron chi connectivity index (χ1n) is 13.0. The Bertz CT molecular complexity index is 1040. The van der Waals surface area contributed by atoms with Crippen LogP contribution in [-0.4, -0.2) is 30.0 Å². The van der Waals surface area contributed by atoms with Crippen LogP contribution in [0.3, 0.4) is 0 Å². The second kappa shape index (κ2) is 16.7. The van der Waals surface area contributed by atoms with Gasteiger partial charge in [0.05, 0.1) is 0 Å². The summed E-state index contributed by atoms with van der Waals surface area (Å²) < 4.78 is 10.3. The fraction of sp³-hybridized carbons (Fsp3) is 0.176. The molecular formula is C34H38I2P2. The molecular weight excluding hydrogens is 724 g/mol. The second-order valence-corrected chi connectivity index (χ2v) is 25.1. The van der Waals surface area contributed by atoms with E-state index in [1.54, 1.807) is 0 Å². The molecule has 0 amide bonds. The molecule has 0 bridgehead atoms. The second-order valence-electron chi connectivity index (χ2n) is 8.71. The third-order valence-corrected chi connectivity index (χ3v) is 25.4. The number of rotatable bonds is 15. The van der Waals surface area contributed by atoms with E-state index < -0.39 is 39.6 Å². The Balaban J connectivity index is 1.35. The van der Waals surface area contributed by atoms with Gasteiger partial charge in [-0.3, -0.25) is 0 Å². The first-order chi connectivity index (χ1) is 18.8. The van der Waals surface area contributed by atoms with E-state index in [0.29, 0.717) is 0 Å². The van der Waals surface area contributed by atoms with E-state index >= 15 is 0 Å². The van der Waals surface area contributed by atoms with Gasteiger partial charge >= 0.3 is 249 Å². The topological polar surface area (TPSA) is 0 Å². The number of hydrogen-bond acceptors (Lipinski definition) is 0. The fourth-order valence-electron chi connectivity index (χ4n) is 4.31. The molecule has 4 aromatic carbocycles. The molecule has 0 N–H and O–H groups in total. The van der Waals surface area contributed by atoms with Crippen LogP contribution in [0.5, 0.6) is 0 Å². The Labute approximate surface area is 247 Å². The van der Waals surface area contributed by atoms with Crippen molar-refractivity contribution in [2.24, 2.45) is 0 Å². The summed E-state index contributed by atoms with van der Waals surface area (Å²) in [6.07, 6.45) is 2.58. The third kappa shape index (κ3) is 9.12. The van der Waals surface area contributed by atoms with E-state index in [1.165, 1.54) is 51.3 Å². The molecule has 4 rings (SSSR count). The standard InChI is InChI=1S/C34H38I2P2/c1-3-35(27-29-37(31-17-9-5-10-18-31)32-19-11-6-12-20-32)25-26-36(4-2)28-30-38(33-21-13-7-14-22-33)34-23-15-8-16-24-34/h3-24H,1-2,25-30H2. The zero-order chi connectivity index (χ0) is 26.4. The van der Waals surface area contributed by atoms with Crippen molar-refractivity contribution >= 4 is 76.7 Å². The van der Waals surface area contributed by atoms with Gasteiger partial charge in [-0.15, -0.1) is 0 Å². The van der Waals surface area contributed by atoms with Gasteiger partial charge in [-0.1, -0.05) is 0 Å². The Hall–Kier alpha value is -1.32. The monoisotopic (exact) mass is 762 g/mol. The van der Waals surface area contributed by atoms with E-state index in [-0.39, 0.29) is 15.8 Å². The first kappa shape index (κ1) is 29.7. The Morgan fingerprint density at radius 2 is 0.684 bits per heavy atom. The number of halogens is 2. The van der Waals surface area contributed by atoms with E-state index in [0.717, 1.165) is 0 Å². The van der Waals surface area contributed by atoms with Gasteiger partial charge in [-0.2, -0.15) is 0 Å². The van der Waals surface area contributed by atoms with Crippen LogP contribution in [-0.2, 0) is 0 Å². The Morgan fingerprint density at radius 1 is 0.421 bits per heavy atom. The summed E-state index contributed by atoms with van der Waals surface area (Å²) in [5.41, 5.74) is 0. The Kier molecular flexibility index (Phi) is 13.0. The summed E-state index contributed by atoms with van der Waals surface area (Å²) in [6.45, 7) is 8.63. The van der Waals surface area contributed by atoms with E-state index in [1.807, 2.05) is 0 Å². The van der Waals surface area contributed by atoms with Crippen LogP contribution in [0.1, 0.15) is 0 Å². The number of hydrogen-bond donors (Lipinski definition) is 0. The minimum absolute atomic E-state index is 0.299. The molecule has 0 saturated carbocycles. The molecule has 0 saturated heterocycles. The van der Waals surface area contributed by atoms with Crippen LogP contribution < -0.4 is 21.2 Å². The molecule has 4 aromatic rings. The molecule has 0 spiro atoms. The van der Waals surface area contributed by atoms with Crippen molar-refractivity contribution in [3.05, 3.63) is 143 Å². The van der Waals surface area contributed by atoms with E-state index in [2.05, 4.69) is 143 Å². The quantitative estimate of drug-likeness (QED) is 0.0648. The van der Waals surface area contributed by atoms with Crippen LogP contribution in [0.4, 0.5) is 0 Å². The van der Waals surface area contributed by atoms with Crippen LogP contribution >= 0.6 is 55.5 Å². The van der Waals surface area contributed by atoms with Gasteiger partial charge in [0.15, 0.2) is 0 Å². The summed E-state index contributed by atoms with van der Waals surface area (Å²) in [5, 5.41) is 6.01. The van der Waals surface area contributed by atoms with E-state index in [4.69, 9.17) is 0 Å².